The van der Waals surface area contributed by atoms with Gasteiger partial charge in [0, 0.05) is 23.5 Å². The average Bonchev–Trinajstić information content (AvgIpc) is 3.30. The van der Waals surface area contributed by atoms with Crippen molar-refractivity contribution in [3.05, 3.63) is 92.9 Å². The first kappa shape index (κ1) is 23.2. The number of carbonyl (C=O) groups excluding carboxylic acids is 2. The number of aryl methyl sites for hydroxylation is 1. The van der Waals surface area contributed by atoms with Gasteiger partial charge in [0.25, 0.3) is 5.91 Å². The van der Waals surface area contributed by atoms with Crippen LogP contribution in [0.5, 0.6) is 0 Å². The minimum atomic E-state index is -0.299. The maximum atomic E-state index is 13.6. The van der Waals surface area contributed by atoms with Crippen LogP contribution in [-0.2, 0) is 11.2 Å². The Morgan fingerprint density at radius 3 is 2.52 bits per heavy atom. The van der Waals surface area contributed by atoms with Crippen LogP contribution in [0.2, 0.25) is 0 Å². The first-order valence-corrected chi connectivity index (χ1v) is 12.3. The van der Waals surface area contributed by atoms with E-state index in [-0.39, 0.29) is 30.2 Å². The van der Waals surface area contributed by atoms with Crippen molar-refractivity contribution >= 4 is 23.2 Å². The Morgan fingerprint density at radius 2 is 1.82 bits per heavy atom. The highest BCUT2D eigenvalue weighted by molar-refractivity contribution is 7.10. The molecule has 1 atom stereocenters. The fraction of sp³-hybridized carbons (Fsp3) is 0.333. The summed E-state index contributed by atoms with van der Waals surface area (Å²) < 4.78 is 13.6. The number of unbranched alkanes of at least 4 members (excludes halogenated alkanes) is 1. The number of amides is 2. The molecule has 0 aliphatic carbocycles. The van der Waals surface area contributed by atoms with Crippen molar-refractivity contribution in [3.63, 3.8) is 0 Å². The largest absolute Gasteiger partial charge is 0.330 e. The van der Waals surface area contributed by atoms with E-state index in [2.05, 4.69) is 13.0 Å². The molecule has 1 aliphatic rings. The quantitative estimate of drug-likeness (QED) is 0.456. The lowest BCUT2D eigenvalue weighted by atomic mass is 9.93. The lowest BCUT2D eigenvalue weighted by molar-refractivity contribution is -0.134. The molecule has 0 radical (unpaired) electrons. The van der Waals surface area contributed by atoms with E-state index in [4.69, 9.17) is 0 Å². The van der Waals surface area contributed by atoms with Crippen LogP contribution >= 0.6 is 11.3 Å². The summed E-state index contributed by atoms with van der Waals surface area (Å²) in [6.07, 6.45) is 2.56. The number of halogens is 1. The molecule has 2 aromatic carbocycles. The molecule has 33 heavy (non-hydrogen) atoms. The molecular formula is C27H29FN2O2S. The monoisotopic (exact) mass is 464 g/mol. The molecule has 1 unspecified atom stereocenters. The third-order valence-corrected chi connectivity index (χ3v) is 7.16. The van der Waals surface area contributed by atoms with Gasteiger partial charge in [0.2, 0.25) is 5.91 Å². The zero-order chi connectivity index (χ0) is 23.4. The molecular weight excluding hydrogens is 435 g/mol. The second-order valence-corrected chi connectivity index (χ2v) is 9.54. The first-order valence-electron chi connectivity index (χ1n) is 11.4. The van der Waals surface area contributed by atoms with Crippen molar-refractivity contribution in [2.24, 2.45) is 0 Å². The lowest BCUT2D eigenvalue weighted by Gasteiger charge is -2.37. The van der Waals surface area contributed by atoms with Crippen LogP contribution in [0.3, 0.4) is 0 Å². The van der Waals surface area contributed by atoms with E-state index in [0.717, 1.165) is 36.0 Å². The fourth-order valence-electron chi connectivity index (χ4n) is 4.32. The molecule has 6 heteroatoms. The number of benzene rings is 2. The summed E-state index contributed by atoms with van der Waals surface area (Å²) in [6, 6.07) is 15.6. The molecule has 0 spiro atoms. The predicted octanol–water partition coefficient (Wildman–Crippen LogP) is 5.61. The van der Waals surface area contributed by atoms with Crippen LogP contribution in [0.25, 0.3) is 0 Å². The lowest BCUT2D eigenvalue weighted by Crippen LogP contribution is -2.47. The van der Waals surface area contributed by atoms with Gasteiger partial charge in [-0.3, -0.25) is 9.59 Å². The van der Waals surface area contributed by atoms with E-state index in [1.54, 1.807) is 28.4 Å². The number of fused-ring (bicyclic) bond motifs is 1. The van der Waals surface area contributed by atoms with Crippen molar-refractivity contribution in [1.82, 2.24) is 9.80 Å². The number of nitrogens with zero attached hydrogens (tertiary/aromatic N) is 2. The van der Waals surface area contributed by atoms with Gasteiger partial charge in [-0.1, -0.05) is 43.2 Å². The smallest absolute Gasteiger partial charge is 0.254 e. The zero-order valence-corrected chi connectivity index (χ0v) is 19.9. The third kappa shape index (κ3) is 5.17. The van der Waals surface area contributed by atoms with E-state index in [1.807, 2.05) is 41.5 Å². The van der Waals surface area contributed by atoms with Gasteiger partial charge in [-0.2, -0.15) is 0 Å². The van der Waals surface area contributed by atoms with Crippen LogP contribution in [0.4, 0.5) is 4.39 Å². The molecule has 4 nitrogen and oxygen atoms in total. The molecule has 0 saturated carbocycles. The van der Waals surface area contributed by atoms with Gasteiger partial charge < -0.3 is 9.80 Å². The highest BCUT2D eigenvalue weighted by atomic mass is 32.1. The Kier molecular flexibility index (Phi) is 7.23. The number of rotatable bonds is 7. The summed E-state index contributed by atoms with van der Waals surface area (Å²) in [5, 5.41) is 2.05. The summed E-state index contributed by atoms with van der Waals surface area (Å²) in [6.45, 7) is 5.20. The van der Waals surface area contributed by atoms with Crippen molar-refractivity contribution in [3.8, 4) is 0 Å². The molecule has 2 amide bonds. The number of thiophene rings is 1. The SMILES string of the molecule is CCCCN(CC(=O)N1CCc2sccc2C1c1ccc(F)cc1)C(=O)c1ccc(C)cc1. The van der Waals surface area contributed by atoms with Crippen molar-refractivity contribution in [2.75, 3.05) is 19.6 Å². The highest BCUT2D eigenvalue weighted by Crippen LogP contribution is 2.38. The van der Waals surface area contributed by atoms with Crippen molar-refractivity contribution in [2.45, 2.75) is 39.2 Å². The molecule has 0 fully saturated rings. The van der Waals surface area contributed by atoms with Crippen molar-refractivity contribution in [1.29, 1.82) is 0 Å². The Morgan fingerprint density at radius 1 is 1.09 bits per heavy atom. The summed E-state index contributed by atoms with van der Waals surface area (Å²) in [4.78, 5) is 31.6. The zero-order valence-electron chi connectivity index (χ0n) is 19.1. The average molecular weight is 465 g/mol. The molecule has 3 aromatic rings. The Hall–Kier alpha value is -2.99. The van der Waals surface area contributed by atoms with Crippen LogP contribution in [0, 0.1) is 12.7 Å². The van der Waals surface area contributed by atoms with E-state index in [1.165, 1.54) is 17.0 Å². The predicted molar refractivity (Wildman–Crippen MR) is 130 cm³/mol. The molecule has 4 rings (SSSR count). The standard InChI is InChI=1S/C27H29FN2O2S/c1-3-4-15-29(27(32)21-7-5-19(2)6-8-21)18-25(31)30-16-13-24-23(14-17-33-24)26(30)20-9-11-22(28)12-10-20/h5-12,14,17,26H,3-4,13,15-16,18H2,1-2H3. The molecule has 1 aromatic heterocycles. The Balaban J connectivity index is 1.60. The maximum Gasteiger partial charge on any atom is 0.254 e. The summed E-state index contributed by atoms with van der Waals surface area (Å²) in [5.41, 5.74) is 3.66. The number of hydrogen-bond acceptors (Lipinski definition) is 3. The van der Waals surface area contributed by atoms with Gasteiger partial charge in [0.15, 0.2) is 0 Å². The van der Waals surface area contributed by atoms with E-state index in [9.17, 15) is 14.0 Å². The van der Waals surface area contributed by atoms with Gasteiger partial charge >= 0.3 is 0 Å². The summed E-state index contributed by atoms with van der Waals surface area (Å²) in [5.74, 6) is -0.506. The Labute approximate surface area is 198 Å². The molecule has 0 N–H and O–H groups in total. The first-order chi connectivity index (χ1) is 16.0. The highest BCUT2D eigenvalue weighted by Gasteiger charge is 2.34. The van der Waals surface area contributed by atoms with E-state index in [0.29, 0.717) is 18.7 Å². The second kappa shape index (κ2) is 10.3. The number of hydrogen-bond donors (Lipinski definition) is 0. The van der Waals surface area contributed by atoms with Crippen LogP contribution < -0.4 is 0 Å². The molecule has 1 aliphatic heterocycles. The summed E-state index contributed by atoms with van der Waals surface area (Å²) >= 11 is 1.69. The van der Waals surface area contributed by atoms with Crippen LogP contribution in [0.15, 0.2) is 60.0 Å². The number of carbonyl (C=O) groups is 2. The van der Waals surface area contributed by atoms with Crippen LogP contribution in [0.1, 0.15) is 57.7 Å². The minimum absolute atomic E-state index is 0.0316. The van der Waals surface area contributed by atoms with Gasteiger partial charge in [-0.25, -0.2) is 4.39 Å². The molecule has 0 saturated heterocycles. The summed E-state index contributed by atoms with van der Waals surface area (Å²) in [7, 11) is 0. The van der Waals surface area contributed by atoms with E-state index >= 15 is 0 Å². The topological polar surface area (TPSA) is 40.6 Å². The molecule has 2 heterocycles. The van der Waals surface area contributed by atoms with Crippen LogP contribution in [-0.4, -0.2) is 41.2 Å². The third-order valence-electron chi connectivity index (χ3n) is 6.17. The van der Waals surface area contributed by atoms with Gasteiger partial charge in [0.1, 0.15) is 12.4 Å². The maximum absolute atomic E-state index is 13.6. The fourth-order valence-corrected chi connectivity index (χ4v) is 5.23. The molecule has 0 bridgehead atoms. The van der Waals surface area contributed by atoms with Crippen molar-refractivity contribution < 1.29 is 14.0 Å². The normalized spacial score (nSPS) is 15.2. The van der Waals surface area contributed by atoms with Gasteiger partial charge in [-0.05, 0) is 66.6 Å². The Bertz CT molecular complexity index is 1110. The van der Waals surface area contributed by atoms with Gasteiger partial charge in [0.05, 0.1) is 6.04 Å². The minimum Gasteiger partial charge on any atom is -0.330 e. The second-order valence-electron chi connectivity index (χ2n) is 8.54. The van der Waals surface area contributed by atoms with E-state index < -0.39 is 0 Å². The molecule has 172 valence electrons. The van der Waals surface area contributed by atoms with Gasteiger partial charge in [-0.15, -0.1) is 11.3 Å².